The summed E-state index contributed by atoms with van der Waals surface area (Å²) in [5.74, 6) is -0.0572. The first-order valence-corrected chi connectivity index (χ1v) is 10.3. The summed E-state index contributed by atoms with van der Waals surface area (Å²) in [5, 5.41) is 0. The van der Waals surface area contributed by atoms with Crippen LogP contribution in [0.4, 0.5) is 5.82 Å². The van der Waals surface area contributed by atoms with E-state index in [4.69, 9.17) is 5.73 Å². The fourth-order valence-electron chi connectivity index (χ4n) is 3.20. The SMILES string of the molecule is CCCS(=O)(=O)n1c(N)c(-c2ccccc2C)c(=O)n1C(CC)CC. The summed E-state index contributed by atoms with van der Waals surface area (Å²) in [5.41, 5.74) is 7.71. The third-order valence-corrected chi connectivity index (χ3v) is 6.33. The highest BCUT2D eigenvalue weighted by Gasteiger charge is 2.29. The average molecular weight is 365 g/mol. The lowest BCUT2D eigenvalue weighted by molar-refractivity contribution is 0.397. The van der Waals surface area contributed by atoms with Crippen LogP contribution in [0.2, 0.25) is 0 Å². The molecule has 7 heteroatoms. The quantitative estimate of drug-likeness (QED) is 0.816. The Morgan fingerprint density at radius 2 is 1.72 bits per heavy atom. The normalized spacial score (nSPS) is 12.0. The van der Waals surface area contributed by atoms with Crippen LogP contribution in [0.1, 0.15) is 51.6 Å². The van der Waals surface area contributed by atoms with E-state index in [9.17, 15) is 13.2 Å². The monoisotopic (exact) mass is 365 g/mol. The molecule has 1 heterocycles. The van der Waals surface area contributed by atoms with Gasteiger partial charge in [0.2, 0.25) is 0 Å². The average Bonchev–Trinajstić information content (AvgIpc) is 2.81. The second-order valence-electron chi connectivity index (χ2n) is 6.25. The molecule has 25 heavy (non-hydrogen) atoms. The molecule has 0 saturated heterocycles. The summed E-state index contributed by atoms with van der Waals surface area (Å²) in [7, 11) is -3.70. The second kappa shape index (κ2) is 7.47. The van der Waals surface area contributed by atoms with Crippen molar-refractivity contribution in [1.82, 2.24) is 8.77 Å². The Labute approximate surface area is 149 Å². The molecule has 0 radical (unpaired) electrons. The summed E-state index contributed by atoms with van der Waals surface area (Å²) >= 11 is 0. The Morgan fingerprint density at radius 1 is 1.12 bits per heavy atom. The number of nitrogen functional groups attached to an aromatic ring is 1. The van der Waals surface area contributed by atoms with Crippen LogP contribution in [0.3, 0.4) is 0 Å². The second-order valence-corrected chi connectivity index (χ2v) is 8.17. The van der Waals surface area contributed by atoms with E-state index >= 15 is 0 Å². The standard InChI is InChI=1S/C18H27N3O3S/c1-5-12-25(23,24)21-17(19)16(15-11-9-8-10-13(15)4)18(22)20(21)14(6-2)7-3/h8-11,14H,5-7,12,19H2,1-4H3. The lowest BCUT2D eigenvalue weighted by Crippen LogP contribution is -2.33. The Hall–Kier alpha value is -2.02. The van der Waals surface area contributed by atoms with Crippen LogP contribution >= 0.6 is 0 Å². The molecule has 138 valence electrons. The van der Waals surface area contributed by atoms with E-state index < -0.39 is 10.0 Å². The number of aromatic nitrogens is 2. The summed E-state index contributed by atoms with van der Waals surface area (Å²) in [6, 6.07) is 7.16. The molecular weight excluding hydrogens is 338 g/mol. The fourth-order valence-corrected chi connectivity index (χ4v) is 4.76. The number of benzene rings is 1. The van der Waals surface area contributed by atoms with Crippen molar-refractivity contribution in [2.75, 3.05) is 11.5 Å². The predicted octanol–water partition coefficient (Wildman–Crippen LogP) is 3.16. The molecule has 0 saturated carbocycles. The van der Waals surface area contributed by atoms with Gasteiger partial charge < -0.3 is 5.73 Å². The predicted molar refractivity (Wildman–Crippen MR) is 102 cm³/mol. The first kappa shape index (κ1) is 19.3. The molecule has 6 nitrogen and oxygen atoms in total. The number of hydrogen-bond acceptors (Lipinski definition) is 4. The minimum absolute atomic E-state index is 0.000324. The van der Waals surface area contributed by atoms with E-state index in [1.807, 2.05) is 39.0 Å². The van der Waals surface area contributed by atoms with Gasteiger partial charge in [-0.2, -0.15) is 4.09 Å². The van der Waals surface area contributed by atoms with Gasteiger partial charge in [-0.1, -0.05) is 45.0 Å². The molecule has 0 spiro atoms. The van der Waals surface area contributed by atoms with Crippen molar-refractivity contribution >= 4 is 15.8 Å². The largest absolute Gasteiger partial charge is 0.382 e. The van der Waals surface area contributed by atoms with Crippen LogP contribution in [-0.2, 0) is 10.0 Å². The first-order valence-electron chi connectivity index (χ1n) is 8.72. The molecule has 2 aromatic rings. The maximum absolute atomic E-state index is 13.2. The number of nitrogens with two attached hydrogens (primary N) is 1. The van der Waals surface area contributed by atoms with Gasteiger partial charge in [-0.3, -0.25) is 4.79 Å². The lowest BCUT2D eigenvalue weighted by Gasteiger charge is -2.19. The van der Waals surface area contributed by atoms with Crippen molar-refractivity contribution in [3.63, 3.8) is 0 Å². The van der Waals surface area contributed by atoms with Crippen molar-refractivity contribution in [2.45, 2.75) is 53.0 Å². The smallest absolute Gasteiger partial charge is 0.277 e. The number of nitrogens with zero attached hydrogens (tertiary/aromatic N) is 2. The van der Waals surface area contributed by atoms with Gasteiger partial charge in [-0.15, -0.1) is 0 Å². The number of aryl methyl sites for hydroxylation is 1. The molecule has 2 N–H and O–H groups in total. The molecule has 0 amide bonds. The van der Waals surface area contributed by atoms with Crippen LogP contribution < -0.4 is 11.3 Å². The topological polar surface area (TPSA) is 87.1 Å². The van der Waals surface area contributed by atoms with Crippen LogP contribution in [-0.4, -0.2) is 22.9 Å². The van der Waals surface area contributed by atoms with Gasteiger partial charge in [0.05, 0.1) is 17.4 Å². The summed E-state index contributed by atoms with van der Waals surface area (Å²) in [6.07, 6.45) is 1.75. The molecule has 0 aliphatic carbocycles. The van der Waals surface area contributed by atoms with Crippen LogP contribution in [0.5, 0.6) is 0 Å². The molecule has 1 aromatic heterocycles. The third-order valence-electron chi connectivity index (χ3n) is 4.51. The van der Waals surface area contributed by atoms with Gasteiger partial charge in [0.25, 0.3) is 15.6 Å². The van der Waals surface area contributed by atoms with E-state index in [0.717, 1.165) is 9.65 Å². The van der Waals surface area contributed by atoms with Crippen molar-refractivity contribution in [3.05, 3.63) is 40.2 Å². The van der Waals surface area contributed by atoms with Crippen LogP contribution in [0, 0.1) is 6.92 Å². The van der Waals surface area contributed by atoms with Crippen LogP contribution in [0.15, 0.2) is 29.1 Å². The molecule has 1 aromatic carbocycles. The van der Waals surface area contributed by atoms with Gasteiger partial charge in [-0.05, 0) is 37.3 Å². The van der Waals surface area contributed by atoms with E-state index in [1.54, 1.807) is 13.0 Å². The zero-order valence-corrected chi connectivity index (χ0v) is 16.1. The molecule has 0 unspecified atom stereocenters. The van der Waals surface area contributed by atoms with Gasteiger partial charge in [-0.25, -0.2) is 13.1 Å². The molecule has 0 aliphatic heterocycles. The highest BCUT2D eigenvalue weighted by molar-refractivity contribution is 7.89. The number of anilines is 1. The van der Waals surface area contributed by atoms with Crippen molar-refractivity contribution in [3.8, 4) is 11.1 Å². The summed E-state index contributed by atoms with van der Waals surface area (Å²) in [6.45, 7) is 7.55. The van der Waals surface area contributed by atoms with Gasteiger partial charge >= 0.3 is 0 Å². The molecule has 0 fully saturated rings. The molecular formula is C18H27N3O3S. The van der Waals surface area contributed by atoms with E-state index in [2.05, 4.69) is 0 Å². The maximum atomic E-state index is 13.2. The Balaban J connectivity index is 2.91. The molecule has 0 bridgehead atoms. The first-order chi connectivity index (χ1) is 11.8. The van der Waals surface area contributed by atoms with E-state index in [1.165, 1.54) is 4.68 Å². The van der Waals surface area contributed by atoms with Gasteiger partial charge in [0.1, 0.15) is 5.82 Å². The lowest BCUT2D eigenvalue weighted by atomic mass is 10.0. The highest BCUT2D eigenvalue weighted by Crippen LogP contribution is 2.29. The minimum Gasteiger partial charge on any atom is -0.382 e. The van der Waals surface area contributed by atoms with E-state index in [0.29, 0.717) is 24.8 Å². The summed E-state index contributed by atoms with van der Waals surface area (Å²) < 4.78 is 28.0. The van der Waals surface area contributed by atoms with Crippen LogP contribution in [0.25, 0.3) is 11.1 Å². The Morgan fingerprint density at radius 3 is 2.24 bits per heavy atom. The minimum atomic E-state index is -3.70. The fraction of sp³-hybridized carbons (Fsp3) is 0.500. The van der Waals surface area contributed by atoms with Crippen molar-refractivity contribution in [2.24, 2.45) is 0 Å². The number of hydrogen-bond donors (Lipinski definition) is 1. The molecule has 2 rings (SSSR count). The zero-order valence-electron chi connectivity index (χ0n) is 15.3. The van der Waals surface area contributed by atoms with Gasteiger partial charge in [0, 0.05) is 0 Å². The molecule has 0 atom stereocenters. The van der Waals surface area contributed by atoms with Gasteiger partial charge in [0.15, 0.2) is 0 Å². The Kier molecular flexibility index (Phi) is 5.77. The summed E-state index contributed by atoms with van der Waals surface area (Å²) in [4.78, 5) is 13.2. The Bertz CT molecular complexity index is 906. The third kappa shape index (κ3) is 3.38. The number of rotatable bonds is 7. The highest BCUT2D eigenvalue weighted by atomic mass is 32.2. The van der Waals surface area contributed by atoms with E-state index in [-0.39, 0.29) is 28.7 Å². The zero-order chi connectivity index (χ0) is 18.8. The maximum Gasteiger partial charge on any atom is 0.277 e. The van der Waals surface area contributed by atoms with Crippen molar-refractivity contribution in [1.29, 1.82) is 0 Å². The molecule has 0 aliphatic rings. The van der Waals surface area contributed by atoms with Crippen molar-refractivity contribution < 1.29 is 8.42 Å².